The smallest absolute Gasteiger partial charge is 0.173 e. The maximum atomic E-state index is 11.1. The van der Waals surface area contributed by atoms with E-state index in [1.165, 1.54) is 24.4 Å². The second kappa shape index (κ2) is 2.94. The summed E-state index contributed by atoms with van der Waals surface area (Å²) >= 11 is 1.22. The molecule has 64 valence electrons. The van der Waals surface area contributed by atoms with Crippen molar-refractivity contribution in [1.29, 1.82) is 0 Å². The van der Waals surface area contributed by atoms with Crippen LogP contribution in [0.5, 0.6) is 0 Å². The van der Waals surface area contributed by atoms with Crippen molar-refractivity contribution in [2.45, 2.75) is 26.2 Å². The van der Waals surface area contributed by atoms with Gasteiger partial charge in [-0.15, -0.1) is 5.10 Å². The molecular formula is C8H10N2OS. The largest absolute Gasteiger partial charge is 0.293 e. The van der Waals surface area contributed by atoms with E-state index in [4.69, 9.17) is 0 Å². The molecule has 0 spiro atoms. The number of carbonyl (C=O) groups excluding carboxylic acids is 1. The third-order valence-corrected chi connectivity index (χ3v) is 2.92. The van der Waals surface area contributed by atoms with Crippen LogP contribution in [0.4, 0.5) is 0 Å². The fourth-order valence-electron chi connectivity index (χ4n) is 1.21. The Balaban J connectivity index is 2.17. The topological polar surface area (TPSA) is 42.9 Å². The number of hydrogen-bond acceptors (Lipinski definition) is 4. The summed E-state index contributed by atoms with van der Waals surface area (Å²) in [5.74, 6) is 0.868. The van der Waals surface area contributed by atoms with Crippen molar-refractivity contribution < 1.29 is 4.79 Å². The summed E-state index contributed by atoms with van der Waals surface area (Å²) in [7, 11) is 0. The van der Waals surface area contributed by atoms with Gasteiger partial charge >= 0.3 is 0 Å². The van der Waals surface area contributed by atoms with Gasteiger partial charge in [-0.25, -0.2) is 0 Å². The Kier molecular flexibility index (Phi) is 1.92. The molecule has 1 fully saturated rings. The van der Waals surface area contributed by atoms with Crippen molar-refractivity contribution in [2.24, 2.45) is 5.92 Å². The average Bonchev–Trinajstić information content (AvgIpc) is 2.66. The minimum absolute atomic E-state index is 0.0978. The van der Waals surface area contributed by atoms with Crippen molar-refractivity contribution in [3.05, 3.63) is 10.6 Å². The molecule has 1 aliphatic carbocycles. The predicted molar refractivity (Wildman–Crippen MR) is 46.3 cm³/mol. The summed E-state index contributed by atoms with van der Waals surface area (Å²) < 4.78 is 3.80. The predicted octanol–water partition coefficient (Wildman–Crippen LogP) is 1.69. The lowest BCUT2D eigenvalue weighted by Gasteiger charge is -1.93. The van der Waals surface area contributed by atoms with Crippen LogP contribution in [0.25, 0.3) is 0 Å². The first-order chi connectivity index (χ1) is 5.77. The monoisotopic (exact) mass is 182 g/mol. The lowest BCUT2D eigenvalue weighted by atomic mass is 10.2. The molecule has 1 saturated carbocycles. The van der Waals surface area contributed by atoms with Gasteiger partial charge in [0.15, 0.2) is 5.78 Å². The highest BCUT2D eigenvalue weighted by Gasteiger charge is 2.25. The molecule has 4 heteroatoms. The molecule has 3 nitrogen and oxygen atoms in total. The van der Waals surface area contributed by atoms with E-state index in [1.807, 2.05) is 0 Å². The third kappa shape index (κ3) is 1.53. The average molecular weight is 182 g/mol. The van der Waals surface area contributed by atoms with Crippen LogP contribution in [-0.2, 0) is 6.42 Å². The van der Waals surface area contributed by atoms with E-state index in [0.717, 1.165) is 22.9 Å². The SMILES string of the molecule is CC(=O)c1snnc1CC1CC1. The zero-order valence-corrected chi connectivity index (χ0v) is 7.73. The van der Waals surface area contributed by atoms with Gasteiger partial charge in [-0.3, -0.25) is 4.79 Å². The van der Waals surface area contributed by atoms with Crippen LogP contribution in [0.3, 0.4) is 0 Å². The van der Waals surface area contributed by atoms with E-state index < -0.39 is 0 Å². The van der Waals surface area contributed by atoms with Gasteiger partial charge in [-0.1, -0.05) is 4.49 Å². The minimum atomic E-state index is 0.0978. The van der Waals surface area contributed by atoms with Crippen LogP contribution >= 0.6 is 11.5 Å². The Bertz CT molecular complexity index is 304. The molecule has 2 rings (SSSR count). The second-order valence-corrected chi connectivity index (χ2v) is 4.01. The Morgan fingerprint density at radius 1 is 1.67 bits per heavy atom. The van der Waals surface area contributed by atoms with Gasteiger partial charge in [0.1, 0.15) is 4.88 Å². The molecule has 1 aromatic rings. The van der Waals surface area contributed by atoms with Gasteiger partial charge in [-0.05, 0) is 36.7 Å². The Labute approximate surface area is 75.0 Å². The van der Waals surface area contributed by atoms with Crippen LogP contribution in [0.2, 0.25) is 0 Å². The zero-order valence-electron chi connectivity index (χ0n) is 6.91. The Morgan fingerprint density at radius 2 is 2.42 bits per heavy atom. The van der Waals surface area contributed by atoms with E-state index in [-0.39, 0.29) is 5.78 Å². The molecule has 0 N–H and O–H groups in total. The number of ketones is 1. The molecule has 0 saturated heterocycles. The molecule has 0 aliphatic heterocycles. The first-order valence-electron chi connectivity index (χ1n) is 4.09. The van der Waals surface area contributed by atoms with Crippen LogP contribution in [0.15, 0.2) is 0 Å². The normalized spacial score (nSPS) is 16.4. The van der Waals surface area contributed by atoms with Gasteiger partial charge in [0.05, 0.1) is 5.69 Å². The molecule has 0 amide bonds. The number of aromatic nitrogens is 2. The maximum absolute atomic E-state index is 11.1. The second-order valence-electron chi connectivity index (χ2n) is 3.25. The molecule has 0 radical (unpaired) electrons. The molecule has 12 heavy (non-hydrogen) atoms. The van der Waals surface area contributed by atoms with E-state index in [2.05, 4.69) is 9.59 Å². The molecule has 1 aliphatic rings. The first-order valence-corrected chi connectivity index (χ1v) is 4.87. The first kappa shape index (κ1) is 7.86. The highest BCUT2D eigenvalue weighted by atomic mass is 32.1. The van der Waals surface area contributed by atoms with Crippen LogP contribution in [0, 0.1) is 5.92 Å². The molecular weight excluding hydrogens is 172 g/mol. The minimum Gasteiger partial charge on any atom is -0.293 e. The lowest BCUT2D eigenvalue weighted by molar-refractivity contribution is 0.102. The quantitative estimate of drug-likeness (QED) is 0.668. The summed E-state index contributed by atoms with van der Waals surface area (Å²) in [6.07, 6.45) is 3.52. The van der Waals surface area contributed by atoms with Gasteiger partial charge in [-0.2, -0.15) is 0 Å². The van der Waals surface area contributed by atoms with Gasteiger partial charge in [0, 0.05) is 6.92 Å². The highest BCUT2D eigenvalue weighted by molar-refractivity contribution is 7.08. The lowest BCUT2D eigenvalue weighted by Crippen LogP contribution is -1.97. The van der Waals surface area contributed by atoms with Crippen molar-refractivity contribution in [1.82, 2.24) is 9.59 Å². The summed E-state index contributed by atoms with van der Waals surface area (Å²) in [4.78, 5) is 11.8. The fraction of sp³-hybridized carbons (Fsp3) is 0.625. The van der Waals surface area contributed by atoms with E-state index in [9.17, 15) is 4.79 Å². The Morgan fingerprint density at radius 3 is 3.00 bits per heavy atom. The van der Waals surface area contributed by atoms with E-state index in [0.29, 0.717) is 0 Å². The Hall–Kier alpha value is -0.770. The molecule has 1 aromatic heterocycles. The summed E-state index contributed by atoms with van der Waals surface area (Å²) in [5, 5.41) is 3.97. The van der Waals surface area contributed by atoms with E-state index >= 15 is 0 Å². The molecule has 0 unspecified atom stereocenters. The molecule has 1 heterocycles. The van der Waals surface area contributed by atoms with E-state index in [1.54, 1.807) is 6.92 Å². The summed E-state index contributed by atoms with van der Waals surface area (Å²) in [6, 6.07) is 0. The number of Topliss-reactive ketones (excluding diaryl/α,β-unsaturated/α-hetero) is 1. The van der Waals surface area contributed by atoms with Crippen molar-refractivity contribution >= 4 is 17.3 Å². The molecule has 0 aromatic carbocycles. The number of rotatable bonds is 3. The summed E-state index contributed by atoms with van der Waals surface area (Å²) in [5.41, 5.74) is 0.912. The van der Waals surface area contributed by atoms with Crippen LogP contribution in [0.1, 0.15) is 35.1 Å². The number of nitrogens with zero attached hydrogens (tertiary/aromatic N) is 2. The van der Waals surface area contributed by atoms with Crippen LogP contribution < -0.4 is 0 Å². The van der Waals surface area contributed by atoms with Crippen molar-refractivity contribution in [3.8, 4) is 0 Å². The standard InChI is InChI=1S/C8H10N2OS/c1-5(11)8-7(9-10-12-8)4-6-2-3-6/h6H,2-4H2,1H3. The van der Waals surface area contributed by atoms with Crippen molar-refractivity contribution in [3.63, 3.8) is 0 Å². The fourth-order valence-corrected chi connectivity index (χ4v) is 1.78. The third-order valence-electron chi connectivity index (χ3n) is 2.05. The number of hydrogen-bond donors (Lipinski definition) is 0. The summed E-state index contributed by atoms with van der Waals surface area (Å²) in [6.45, 7) is 1.57. The van der Waals surface area contributed by atoms with Crippen molar-refractivity contribution in [2.75, 3.05) is 0 Å². The molecule has 0 atom stereocenters. The van der Waals surface area contributed by atoms with Crippen LogP contribution in [-0.4, -0.2) is 15.4 Å². The number of carbonyl (C=O) groups is 1. The maximum Gasteiger partial charge on any atom is 0.173 e. The van der Waals surface area contributed by atoms with Gasteiger partial charge < -0.3 is 0 Å². The highest BCUT2D eigenvalue weighted by Crippen LogP contribution is 2.33. The van der Waals surface area contributed by atoms with Gasteiger partial charge in [0.2, 0.25) is 0 Å². The molecule has 0 bridgehead atoms. The zero-order chi connectivity index (χ0) is 8.55. The van der Waals surface area contributed by atoms with Gasteiger partial charge in [0.25, 0.3) is 0 Å².